The molecule has 0 aliphatic rings. The second kappa shape index (κ2) is 6.09. The zero-order chi connectivity index (χ0) is 15.4. The normalized spacial score (nSPS) is 10.1. The van der Waals surface area contributed by atoms with Crippen LogP contribution in [0.3, 0.4) is 0 Å². The SMILES string of the molecule is O=C(O)c1ccc(CNC(=O)c2ccc([N+](=O)[O-])s2)cn1. The summed E-state index contributed by atoms with van der Waals surface area (Å²) >= 11 is 0.786. The van der Waals surface area contributed by atoms with Crippen LogP contribution in [0.15, 0.2) is 30.5 Å². The molecule has 2 rings (SSSR count). The molecule has 1 amide bonds. The fourth-order valence-electron chi connectivity index (χ4n) is 1.47. The number of amides is 1. The maximum Gasteiger partial charge on any atom is 0.354 e. The van der Waals surface area contributed by atoms with Gasteiger partial charge in [0, 0.05) is 18.8 Å². The minimum absolute atomic E-state index is 0.0843. The number of hydrogen-bond donors (Lipinski definition) is 2. The smallest absolute Gasteiger partial charge is 0.354 e. The van der Waals surface area contributed by atoms with Crippen molar-refractivity contribution in [3.8, 4) is 0 Å². The van der Waals surface area contributed by atoms with Crippen LogP contribution in [0.4, 0.5) is 5.00 Å². The lowest BCUT2D eigenvalue weighted by Crippen LogP contribution is -2.21. The van der Waals surface area contributed by atoms with E-state index >= 15 is 0 Å². The Labute approximate surface area is 122 Å². The van der Waals surface area contributed by atoms with Gasteiger partial charge in [0.2, 0.25) is 0 Å². The highest BCUT2D eigenvalue weighted by Gasteiger charge is 2.15. The third-order valence-electron chi connectivity index (χ3n) is 2.49. The summed E-state index contributed by atoms with van der Waals surface area (Å²) in [5.41, 5.74) is 0.540. The first-order valence-electron chi connectivity index (χ1n) is 5.68. The van der Waals surface area contributed by atoms with Crippen molar-refractivity contribution in [3.63, 3.8) is 0 Å². The number of nitro groups is 1. The first-order valence-corrected chi connectivity index (χ1v) is 6.49. The number of carboxylic acids is 1. The van der Waals surface area contributed by atoms with Crippen LogP contribution in [0.25, 0.3) is 0 Å². The van der Waals surface area contributed by atoms with Crippen LogP contribution in [0.2, 0.25) is 0 Å². The van der Waals surface area contributed by atoms with Crippen molar-refractivity contribution in [2.24, 2.45) is 0 Å². The number of aromatic carboxylic acids is 1. The summed E-state index contributed by atoms with van der Waals surface area (Å²) in [6.07, 6.45) is 1.35. The summed E-state index contributed by atoms with van der Waals surface area (Å²) < 4.78 is 0. The lowest BCUT2D eigenvalue weighted by molar-refractivity contribution is -0.380. The molecule has 0 atom stereocenters. The van der Waals surface area contributed by atoms with E-state index < -0.39 is 16.8 Å². The lowest BCUT2D eigenvalue weighted by atomic mass is 10.2. The summed E-state index contributed by atoms with van der Waals surface area (Å²) in [5.74, 6) is -1.56. The van der Waals surface area contributed by atoms with Crippen molar-refractivity contribution in [2.75, 3.05) is 0 Å². The number of carbonyl (C=O) groups is 2. The monoisotopic (exact) mass is 307 g/mol. The molecular weight excluding hydrogens is 298 g/mol. The molecule has 0 saturated heterocycles. The molecule has 0 aliphatic heterocycles. The predicted molar refractivity (Wildman–Crippen MR) is 73.3 cm³/mol. The van der Waals surface area contributed by atoms with Gasteiger partial charge >= 0.3 is 11.0 Å². The van der Waals surface area contributed by atoms with Crippen molar-refractivity contribution in [2.45, 2.75) is 6.54 Å². The standard InChI is InChI=1S/C12H9N3O5S/c16-11(9-3-4-10(21-9)15(19)20)14-6-7-1-2-8(12(17)18)13-5-7/h1-5H,6H2,(H,14,16)(H,17,18). The fourth-order valence-corrected chi connectivity index (χ4v) is 2.21. The van der Waals surface area contributed by atoms with E-state index in [0.29, 0.717) is 5.56 Å². The van der Waals surface area contributed by atoms with Gasteiger partial charge < -0.3 is 10.4 Å². The number of nitrogens with one attached hydrogen (secondary N) is 1. The second-order valence-electron chi connectivity index (χ2n) is 3.93. The Bertz CT molecular complexity index is 695. The van der Waals surface area contributed by atoms with E-state index in [-0.39, 0.29) is 22.1 Å². The van der Waals surface area contributed by atoms with Gasteiger partial charge in [0.05, 0.1) is 9.80 Å². The zero-order valence-electron chi connectivity index (χ0n) is 10.5. The van der Waals surface area contributed by atoms with Crippen LogP contribution in [0.1, 0.15) is 25.7 Å². The summed E-state index contributed by atoms with van der Waals surface area (Å²) in [6.45, 7) is 0.150. The maximum atomic E-state index is 11.8. The number of aromatic nitrogens is 1. The molecule has 9 heteroatoms. The molecule has 8 nitrogen and oxygen atoms in total. The van der Waals surface area contributed by atoms with E-state index in [0.717, 1.165) is 11.3 Å². The van der Waals surface area contributed by atoms with Crippen LogP contribution in [-0.4, -0.2) is 26.9 Å². The fraction of sp³-hybridized carbons (Fsp3) is 0.0833. The maximum absolute atomic E-state index is 11.8. The van der Waals surface area contributed by atoms with Gasteiger partial charge in [0.1, 0.15) is 5.69 Å². The van der Waals surface area contributed by atoms with Gasteiger partial charge in [-0.25, -0.2) is 9.78 Å². The molecule has 0 radical (unpaired) electrons. The van der Waals surface area contributed by atoms with Crippen LogP contribution in [-0.2, 0) is 6.54 Å². The van der Waals surface area contributed by atoms with Gasteiger partial charge in [-0.15, -0.1) is 0 Å². The molecular formula is C12H9N3O5S. The Balaban J connectivity index is 1.97. The molecule has 0 spiro atoms. The number of thiophene rings is 1. The molecule has 108 valence electrons. The van der Waals surface area contributed by atoms with E-state index in [1.54, 1.807) is 0 Å². The van der Waals surface area contributed by atoms with E-state index in [1.165, 1.54) is 30.5 Å². The van der Waals surface area contributed by atoms with E-state index in [1.807, 2.05) is 0 Å². The number of rotatable bonds is 5. The van der Waals surface area contributed by atoms with Crippen molar-refractivity contribution in [3.05, 3.63) is 56.7 Å². The van der Waals surface area contributed by atoms with Crippen molar-refractivity contribution in [1.29, 1.82) is 0 Å². The van der Waals surface area contributed by atoms with Gasteiger partial charge in [0.25, 0.3) is 5.91 Å². The molecule has 2 heterocycles. The molecule has 0 aromatic carbocycles. The summed E-state index contributed by atoms with van der Waals surface area (Å²) in [7, 11) is 0. The average molecular weight is 307 g/mol. The average Bonchev–Trinajstić information content (AvgIpc) is 2.95. The quantitative estimate of drug-likeness (QED) is 0.640. The number of pyridine rings is 1. The number of carbonyl (C=O) groups excluding carboxylic acids is 1. The highest BCUT2D eigenvalue weighted by atomic mass is 32.1. The van der Waals surface area contributed by atoms with E-state index in [9.17, 15) is 19.7 Å². The number of hydrogen-bond acceptors (Lipinski definition) is 6. The molecule has 0 bridgehead atoms. The Morgan fingerprint density at radius 2 is 2.10 bits per heavy atom. The molecule has 2 aromatic heterocycles. The third-order valence-corrected chi connectivity index (χ3v) is 3.53. The van der Waals surface area contributed by atoms with Gasteiger partial charge in [-0.1, -0.05) is 17.4 Å². The van der Waals surface area contributed by atoms with Crippen LogP contribution in [0, 0.1) is 10.1 Å². The Kier molecular flexibility index (Phi) is 4.24. The van der Waals surface area contributed by atoms with Crippen molar-refractivity contribution < 1.29 is 19.6 Å². The molecule has 2 N–H and O–H groups in total. The highest BCUT2D eigenvalue weighted by molar-refractivity contribution is 7.17. The van der Waals surface area contributed by atoms with Crippen molar-refractivity contribution >= 4 is 28.2 Å². The van der Waals surface area contributed by atoms with E-state index in [2.05, 4.69) is 10.3 Å². The predicted octanol–water partition coefficient (Wildman–Crippen LogP) is 1.68. The van der Waals surface area contributed by atoms with E-state index in [4.69, 9.17) is 5.11 Å². The Morgan fingerprint density at radius 3 is 2.62 bits per heavy atom. The van der Waals surface area contributed by atoms with Crippen LogP contribution >= 0.6 is 11.3 Å². The third kappa shape index (κ3) is 3.60. The number of nitrogens with zero attached hydrogens (tertiary/aromatic N) is 2. The summed E-state index contributed by atoms with van der Waals surface area (Å²) in [5, 5.41) is 21.7. The minimum Gasteiger partial charge on any atom is -0.477 e. The van der Waals surface area contributed by atoms with Crippen molar-refractivity contribution in [1.82, 2.24) is 10.3 Å². The molecule has 0 fully saturated rings. The molecule has 0 unspecified atom stereocenters. The largest absolute Gasteiger partial charge is 0.477 e. The second-order valence-corrected chi connectivity index (χ2v) is 5.00. The summed E-state index contributed by atoms with van der Waals surface area (Å²) in [4.78, 5) is 36.3. The number of carboxylic acid groups (broad SMARTS) is 1. The van der Waals surface area contributed by atoms with Crippen LogP contribution in [0.5, 0.6) is 0 Å². The van der Waals surface area contributed by atoms with Gasteiger partial charge in [-0.05, 0) is 17.7 Å². The highest BCUT2D eigenvalue weighted by Crippen LogP contribution is 2.23. The summed E-state index contributed by atoms with van der Waals surface area (Å²) in [6, 6.07) is 5.51. The van der Waals surface area contributed by atoms with Gasteiger partial charge in [-0.2, -0.15) is 0 Å². The first kappa shape index (κ1) is 14.6. The molecule has 2 aromatic rings. The zero-order valence-corrected chi connectivity index (χ0v) is 11.3. The van der Waals surface area contributed by atoms with Gasteiger partial charge in [-0.3, -0.25) is 14.9 Å². The lowest BCUT2D eigenvalue weighted by Gasteiger charge is -2.03. The topological polar surface area (TPSA) is 122 Å². The first-order chi connectivity index (χ1) is 9.97. The molecule has 0 saturated carbocycles. The van der Waals surface area contributed by atoms with Gasteiger partial charge in [0.15, 0.2) is 0 Å². The molecule has 21 heavy (non-hydrogen) atoms. The van der Waals surface area contributed by atoms with Crippen LogP contribution < -0.4 is 5.32 Å². The Morgan fingerprint density at radius 1 is 1.33 bits per heavy atom. The Hall–Kier alpha value is -2.81. The molecule has 0 aliphatic carbocycles. The minimum atomic E-state index is -1.13.